The normalized spacial score (nSPS) is 13.3. The van der Waals surface area contributed by atoms with Gasteiger partial charge in [0.25, 0.3) is 0 Å². The van der Waals surface area contributed by atoms with Crippen LogP contribution >= 0.6 is 34.4 Å². The van der Waals surface area contributed by atoms with E-state index in [9.17, 15) is 0 Å². The van der Waals surface area contributed by atoms with Crippen molar-refractivity contribution in [2.45, 2.75) is 321 Å². The highest BCUT2D eigenvalue weighted by molar-refractivity contribution is 7.11. The molecular formula is C110H136N2S3. The molecule has 8 aromatic carbocycles. The van der Waals surface area contributed by atoms with E-state index in [1.165, 1.54) is 386 Å². The highest BCUT2D eigenvalue weighted by Crippen LogP contribution is 2.59. The van der Waals surface area contributed by atoms with E-state index < -0.39 is 0 Å². The molecule has 0 bridgehead atoms. The van der Waals surface area contributed by atoms with Crippen LogP contribution in [-0.4, -0.2) is 8.75 Å². The first-order valence-electron chi connectivity index (χ1n) is 46.5. The van der Waals surface area contributed by atoms with E-state index in [2.05, 4.69) is 245 Å². The fourth-order valence-corrected chi connectivity index (χ4v) is 21.6. The van der Waals surface area contributed by atoms with E-state index >= 15 is 0 Å². The average Bonchev–Trinajstić information content (AvgIpc) is 1.57. The van der Waals surface area contributed by atoms with Gasteiger partial charge in [-0.25, -0.2) is 0 Å². The van der Waals surface area contributed by atoms with Crippen LogP contribution in [0, 0.1) is 0 Å². The second-order valence-electron chi connectivity index (χ2n) is 34.5. The molecule has 5 heteroatoms. The molecule has 2 nitrogen and oxygen atoms in total. The number of rotatable bonds is 53. The van der Waals surface area contributed by atoms with E-state index in [1.807, 2.05) is 22.7 Å². The third-order valence-electron chi connectivity index (χ3n) is 26.3. The van der Waals surface area contributed by atoms with Gasteiger partial charge < -0.3 is 0 Å². The number of benzene rings is 8. The van der Waals surface area contributed by atoms with Crippen molar-refractivity contribution < 1.29 is 0 Å². The molecule has 0 spiro atoms. The zero-order valence-corrected chi connectivity index (χ0v) is 73.5. The molecule has 0 fully saturated rings. The topological polar surface area (TPSA) is 25.8 Å². The Bertz CT molecular complexity index is 4710. The largest absolute Gasteiger partial charge is 0.172 e. The SMILES string of the molecule is CCCCCCCCCCCCC1(CCCCCCCCCCCC)c2cc(-c3ccccc3)ccc2-c2ccc(-c3cc(/C=C/c4cccs4)c(-c4ccc5c(c4)C(CCCCCCCCCCCC)(CCCCCCCCCCCC)c4cc(-c6ccc(-c7ccccc7)c7nsnc67)ccc4-5)cc3/C=C/c3cccs3)cc21. The zero-order chi connectivity index (χ0) is 79.0. The van der Waals surface area contributed by atoms with Gasteiger partial charge in [-0.15, -0.1) is 22.7 Å². The number of fused-ring (bicyclic) bond motifs is 7. The fourth-order valence-electron chi connectivity index (χ4n) is 19.8. The molecule has 0 radical (unpaired) electrons. The molecule has 3 heterocycles. The second-order valence-corrected chi connectivity index (χ2v) is 37.0. The van der Waals surface area contributed by atoms with Crippen LogP contribution < -0.4 is 0 Å². The van der Waals surface area contributed by atoms with Crippen molar-refractivity contribution in [1.82, 2.24) is 8.75 Å². The van der Waals surface area contributed by atoms with Gasteiger partial charge in [-0.2, -0.15) is 8.75 Å². The van der Waals surface area contributed by atoms with Gasteiger partial charge in [-0.05, 0) is 197 Å². The fraction of sp³-hybridized carbons (Fsp3) is 0.455. The molecule has 0 aliphatic heterocycles. The molecule has 0 unspecified atom stereocenters. The average molecular weight is 1580 g/mol. The summed E-state index contributed by atoms with van der Waals surface area (Å²) >= 11 is 5.01. The Kier molecular flexibility index (Phi) is 33.7. The van der Waals surface area contributed by atoms with Gasteiger partial charge in [0.05, 0.1) is 11.7 Å². The molecule has 604 valence electrons. The lowest BCUT2D eigenvalue weighted by Crippen LogP contribution is -2.25. The van der Waals surface area contributed by atoms with Crippen LogP contribution in [0.1, 0.15) is 353 Å². The quantitative estimate of drug-likeness (QED) is 0.0355. The molecule has 13 rings (SSSR count). The van der Waals surface area contributed by atoms with Gasteiger partial charge in [-0.3, -0.25) is 0 Å². The van der Waals surface area contributed by atoms with Gasteiger partial charge in [0.2, 0.25) is 0 Å². The van der Waals surface area contributed by atoms with Crippen LogP contribution in [0.3, 0.4) is 0 Å². The van der Waals surface area contributed by atoms with Crippen molar-refractivity contribution in [3.8, 4) is 77.9 Å². The van der Waals surface area contributed by atoms with Crippen LogP contribution in [0.25, 0.3) is 113 Å². The van der Waals surface area contributed by atoms with Crippen molar-refractivity contribution in [2.75, 3.05) is 0 Å². The van der Waals surface area contributed by atoms with Gasteiger partial charge in [0, 0.05) is 31.7 Å². The molecule has 3 aromatic heterocycles. The number of thiophene rings is 2. The van der Waals surface area contributed by atoms with Crippen LogP contribution in [-0.2, 0) is 10.8 Å². The molecule has 2 aliphatic rings. The monoisotopic (exact) mass is 1580 g/mol. The summed E-state index contributed by atoms with van der Waals surface area (Å²) in [7, 11) is 0. The molecule has 0 atom stereocenters. The van der Waals surface area contributed by atoms with Crippen molar-refractivity contribution >= 4 is 69.7 Å². The first-order chi connectivity index (χ1) is 56.9. The summed E-state index contributed by atoms with van der Waals surface area (Å²) < 4.78 is 10.2. The number of aromatic nitrogens is 2. The summed E-state index contributed by atoms with van der Waals surface area (Å²) in [5, 5.41) is 4.46. The van der Waals surface area contributed by atoms with E-state index in [-0.39, 0.29) is 10.8 Å². The maximum Gasteiger partial charge on any atom is 0.113 e. The molecule has 0 amide bonds. The molecule has 0 saturated carbocycles. The standard InChI is InChI=1S/C110H136N2S3/c1-5-9-13-17-21-25-29-33-37-47-73-109(74-48-38-34-30-26-22-18-14-10-6-2)103-81-87(85-53-43-41-44-54-85)61-67-97(103)99-69-63-91(83-105(99)109)101-79-89(60-66-94-58-52-78-114-94)102(80-88(101)59-65-93-57-51-77-113-93)92-64-70-100-98-68-62-90(96-72-71-95(86-55-45-42-46-56-86)107-108(96)112-115-111-107)82-104(98)110(106(100)84-92,75-49-39-35-31-27-23-19-15-11-7-3)76-50-40-36-32-28-24-20-16-12-8-4/h41-46,51-72,77-84H,5-40,47-50,73-76H2,1-4H3/b65-59+,66-60+. The summed E-state index contributed by atoms with van der Waals surface area (Å²) in [5.74, 6) is 0. The summed E-state index contributed by atoms with van der Waals surface area (Å²) in [6, 6.07) is 71.7. The maximum atomic E-state index is 5.13. The van der Waals surface area contributed by atoms with Gasteiger partial charge in [0.1, 0.15) is 11.0 Å². The third-order valence-corrected chi connectivity index (χ3v) is 28.5. The predicted octanol–water partition coefficient (Wildman–Crippen LogP) is 36.3. The Balaban J connectivity index is 0.926. The van der Waals surface area contributed by atoms with Crippen LogP contribution in [0.5, 0.6) is 0 Å². The van der Waals surface area contributed by atoms with Crippen LogP contribution in [0.15, 0.2) is 193 Å². The number of hydrogen-bond donors (Lipinski definition) is 0. The molecule has 2 aliphatic carbocycles. The molecule has 0 saturated heterocycles. The van der Waals surface area contributed by atoms with Crippen LogP contribution in [0.4, 0.5) is 0 Å². The second kappa shape index (κ2) is 45.4. The minimum atomic E-state index is -0.173. The Morgan fingerprint density at radius 1 is 0.235 bits per heavy atom. The Labute approximate surface area is 708 Å². The lowest BCUT2D eigenvalue weighted by molar-refractivity contribution is 0.397. The van der Waals surface area contributed by atoms with Crippen molar-refractivity contribution in [1.29, 1.82) is 0 Å². The minimum absolute atomic E-state index is 0.102. The zero-order valence-electron chi connectivity index (χ0n) is 71.0. The number of nitrogens with zero attached hydrogens (tertiary/aromatic N) is 2. The van der Waals surface area contributed by atoms with E-state index in [0.717, 1.165) is 29.4 Å². The van der Waals surface area contributed by atoms with Crippen molar-refractivity contribution in [3.05, 3.63) is 236 Å². The van der Waals surface area contributed by atoms with Gasteiger partial charge in [0.15, 0.2) is 0 Å². The Hall–Kier alpha value is -7.54. The molecular weight excluding hydrogens is 1450 g/mol. The summed E-state index contributed by atoms with van der Waals surface area (Å²) in [6.07, 6.45) is 67.9. The highest BCUT2D eigenvalue weighted by Gasteiger charge is 2.45. The van der Waals surface area contributed by atoms with Crippen molar-refractivity contribution in [2.24, 2.45) is 0 Å². The first kappa shape index (κ1) is 85.3. The van der Waals surface area contributed by atoms with Crippen LogP contribution in [0.2, 0.25) is 0 Å². The molecule has 115 heavy (non-hydrogen) atoms. The molecule has 0 N–H and O–H groups in total. The van der Waals surface area contributed by atoms with E-state index in [4.69, 9.17) is 8.75 Å². The maximum absolute atomic E-state index is 5.13. The summed E-state index contributed by atoms with van der Waals surface area (Å²) in [5.41, 5.74) is 28.8. The highest BCUT2D eigenvalue weighted by atomic mass is 32.1. The van der Waals surface area contributed by atoms with E-state index in [1.54, 1.807) is 11.1 Å². The molecule has 11 aromatic rings. The smallest absolute Gasteiger partial charge is 0.113 e. The van der Waals surface area contributed by atoms with Crippen molar-refractivity contribution in [3.63, 3.8) is 0 Å². The summed E-state index contributed by atoms with van der Waals surface area (Å²) in [6.45, 7) is 9.35. The third kappa shape index (κ3) is 22.5. The lowest BCUT2D eigenvalue weighted by atomic mass is 9.69. The Morgan fingerprint density at radius 3 is 0.835 bits per heavy atom. The van der Waals surface area contributed by atoms with E-state index in [0.29, 0.717) is 0 Å². The Morgan fingerprint density at radius 2 is 0.513 bits per heavy atom. The lowest BCUT2D eigenvalue weighted by Gasteiger charge is -2.34. The predicted molar refractivity (Wildman–Crippen MR) is 509 cm³/mol. The number of unbranched alkanes of at least 4 members (excludes halogenated alkanes) is 36. The van der Waals surface area contributed by atoms with Gasteiger partial charge in [-0.1, -0.05) is 430 Å². The summed E-state index contributed by atoms with van der Waals surface area (Å²) in [4.78, 5) is 2.55. The minimum Gasteiger partial charge on any atom is -0.172 e. The number of hydrogen-bond acceptors (Lipinski definition) is 5. The first-order valence-corrected chi connectivity index (χ1v) is 49.0. The van der Waals surface area contributed by atoms with Gasteiger partial charge >= 0.3 is 0 Å².